The van der Waals surface area contributed by atoms with E-state index in [1.54, 1.807) is 13.8 Å². The van der Waals surface area contributed by atoms with Gasteiger partial charge in [0, 0.05) is 10.0 Å². The maximum atomic E-state index is 12.4. The highest BCUT2D eigenvalue weighted by molar-refractivity contribution is 9.10. The van der Waals surface area contributed by atoms with Crippen molar-refractivity contribution in [1.29, 1.82) is 0 Å². The third-order valence-corrected chi connectivity index (χ3v) is 5.19. The molecule has 1 aromatic carbocycles. The number of aromatic nitrogens is 1. The standard InChI is InChI=1S/C14H17BrNO4P/c1-3-19-21(17,20-4-2)10-13-9-18-14(16-13)11-5-7-12(15)8-6-11/h5-9H,3-4,10H2,1-2H3. The number of oxazole rings is 1. The zero-order chi connectivity index (χ0) is 15.3. The third-order valence-electron chi connectivity index (χ3n) is 2.65. The van der Waals surface area contributed by atoms with E-state index < -0.39 is 7.60 Å². The molecule has 0 N–H and O–H groups in total. The summed E-state index contributed by atoms with van der Waals surface area (Å²) < 4.78 is 29.4. The lowest BCUT2D eigenvalue weighted by Gasteiger charge is -2.15. The van der Waals surface area contributed by atoms with E-state index in [0.717, 1.165) is 10.0 Å². The summed E-state index contributed by atoms with van der Waals surface area (Å²) in [4.78, 5) is 4.35. The first-order chi connectivity index (χ1) is 10.1. The van der Waals surface area contributed by atoms with Gasteiger partial charge in [-0.3, -0.25) is 4.57 Å². The molecule has 0 saturated heterocycles. The van der Waals surface area contributed by atoms with Gasteiger partial charge in [0.2, 0.25) is 5.89 Å². The molecule has 5 nitrogen and oxygen atoms in total. The van der Waals surface area contributed by atoms with Gasteiger partial charge in [-0.05, 0) is 38.1 Å². The fourth-order valence-electron chi connectivity index (χ4n) is 1.83. The fourth-order valence-corrected chi connectivity index (χ4v) is 3.68. The highest BCUT2D eigenvalue weighted by atomic mass is 79.9. The summed E-state index contributed by atoms with van der Waals surface area (Å²) in [7, 11) is -3.16. The van der Waals surface area contributed by atoms with Crippen LogP contribution in [-0.2, 0) is 19.8 Å². The molecule has 0 spiro atoms. The van der Waals surface area contributed by atoms with Crippen molar-refractivity contribution in [3.63, 3.8) is 0 Å². The van der Waals surface area contributed by atoms with Crippen LogP contribution in [-0.4, -0.2) is 18.2 Å². The molecule has 114 valence electrons. The van der Waals surface area contributed by atoms with Crippen LogP contribution in [0, 0.1) is 0 Å². The monoisotopic (exact) mass is 373 g/mol. The van der Waals surface area contributed by atoms with Crippen molar-refractivity contribution in [2.75, 3.05) is 13.2 Å². The summed E-state index contributed by atoms with van der Waals surface area (Å²) in [5.74, 6) is 0.483. The van der Waals surface area contributed by atoms with Crippen molar-refractivity contribution in [1.82, 2.24) is 4.98 Å². The minimum absolute atomic E-state index is 0.106. The van der Waals surface area contributed by atoms with Crippen LogP contribution < -0.4 is 0 Å². The maximum Gasteiger partial charge on any atom is 0.336 e. The molecular formula is C14H17BrNO4P. The van der Waals surface area contributed by atoms with Gasteiger partial charge in [0.25, 0.3) is 0 Å². The van der Waals surface area contributed by atoms with Crippen molar-refractivity contribution >= 4 is 23.5 Å². The predicted octanol–water partition coefficient (Wildman–Crippen LogP) is 4.87. The molecule has 21 heavy (non-hydrogen) atoms. The zero-order valence-electron chi connectivity index (χ0n) is 11.9. The largest absolute Gasteiger partial charge is 0.444 e. The van der Waals surface area contributed by atoms with E-state index in [9.17, 15) is 4.57 Å². The van der Waals surface area contributed by atoms with Crippen LogP contribution in [0.25, 0.3) is 11.5 Å². The predicted molar refractivity (Wildman–Crippen MR) is 84.2 cm³/mol. The Morgan fingerprint density at radius 3 is 2.38 bits per heavy atom. The second kappa shape index (κ2) is 7.36. The Bertz CT molecular complexity index is 616. The molecule has 0 amide bonds. The zero-order valence-corrected chi connectivity index (χ0v) is 14.4. The SMILES string of the molecule is CCOP(=O)(Cc1coc(-c2ccc(Br)cc2)n1)OCC. The summed E-state index contributed by atoms with van der Waals surface area (Å²) in [6, 6.07) is 7.60. The molecule has 1 aromatic heterocycles. The van der Waals surface area contributed by atoms with Crippen molar-refractivity contribution < 1.29 is 18.0 Å². The van der Waals surface area contributed by atoms with E-state index in [0.29, 0.717) is 24.8 Å². The van der Waals surface area contributed by atoms with Gasteiger partial charge in [-0.2, -0.15) is 0 Å². The van der Waals surface area contributed by atoms with Gasteiger partial charge in [-0.1, -0.05) is 15.9 Å². The van der Waals surface area contributed by atoms with E-state index in [2.05, 4.69) is 20.9 Å². The lowest BCUT2D eigenvalue weighted by atomic mass is 10.2. The van der Waals surface area contributed by atoms with Gasteiger partial charge in [-0.15, -0.1) is 0 Å². The number of benzene rings is 1. The maximum absolute atomic E-state index is 12.4. The van der Waals surface area contributed by atoms with E-state index in [-0.39, 0.29) is 6.16 Å². The highest BCUT2D eigenvalue weighted by Crippen LogP contribution is 2.51. The highest BCUT2D eigenvalue weighted by Gasteiger charge is 2.26. The van der Waals surface area contributed by atoms with Gasteiger partial charge < -0.3 is 13.5 Å². The van der Waals surface area contributed by atoms with Crippen molar-refractivity contribution in [2.24, 2.45) is 0 Å². The van der Waals surface area contributed by atoms with E-state index in [4.69, 9.17) is 13.5 Å². The Labute approximate surface area is 132 Å². The minimum atomic E-state index is -3.16. The van der Waals surface area contributed by atoms with Gasteiger partial charge >= 0.3 is 7.60 Å². The number of hydrogen-bond donors (Lipinski definition) is 0. The van der Waals surface area contributed by atoms with Crippen molar-refractivity contribution in [3.8, 4) is 11.5 Å². The van der Waals surface area contributed by atoms with Crippen LogP contribution in [0.5, 0.6) is 0 Å². The Morgan fingerprint density at radius 2 is 1.81 bits per heavy atom. The second-order valence-corrected chi connectivity index (χ2v) is 7.23. The first-order valence-electron chi connectivity index (χ1n) is 6.65. The second-order valence-electron chi connectivity index (χ2n) is 4.26. The Balaban J connectivity index is 2.15. The Kier molecular flexibility index (Phi) is 5.76. The molecular weight excluding hydrogens is 357 g/mol. The lowest BCUT2D eigenvalue weighted by Crippen LogP contribution is -1.99. The summed E-state index contributed by atoms with van der Waals surface area (Å²) >= 11 is 3.38. The van der Waals surface area contributed by atoms with Crippen molar-refractivity contribution in [2.45, 2.75) is 20.0 Å². The molecule has 0 fully saturated rings. The van der Waals surface area contributed by atoms with Crippen LogP contribution in [0.2, 0.25) is 0 Å². The molecule has 0 unspecified atom stereocenters. The van der Waals surface area contributed by atoms with Crippen LogP contribution in [0.1, 0.15) is 19.5 Å². The first-order valence-corrected chi connectivity index (χ1v) is 9.17. The third kappa shape index (κ3) is 4.51. The molecule has 0 aliphatic heterocycles. The van der Waals surface area contributed by atoms with Crippen LogP contribution in [0.15, 0.2) is 39.4 Å². The number of nitrogens with zero attached hydrogens (tertiary/aromatic N) is 1. The van der Waals surface area contributed by atoms with E-state index >= 15 is 0 Å². The minimum Gasteiger partial charge on any atom is -0.444 e. The quantitative estimate of drug-likeness (QED) is 0.647. The first kappa shape index (κ1) is 16.4. The summed E-state index contributed by atoms with van der Waals surface area (Å²) in [5, 5.41) is 0. The Hall–Kier alpha value is -0.940. The molecule has 0 aliphatic carbocycles. The fraction of sp³-hybridized carbons (Fsp3) is 0.357. The number of halogens is 1. The molecule has 0 aliphatic rings. The molecule has 0 radical (unpaired) electrons. The van der Waals surface area contributed by atoms with Crippen LogP contribution >= 0.6 is 23.5 Å². The van der Waals surface area contributed by atoms with Gasteiger partial charge in [0.1, 0.15) is 6.26 Å². The van der Waals surface area contributed by atoms with Crippen LogP contribution in [0.4, 0.5) is 0 Å². The average Bonchev–Trinajstić information content (AvgIpc) is 2.88. The molecule has 2 aromatic rings. The van der Waals surface area contributed by atoms with Crippen LogP contribution in [0.3, 0.4) is 0 Å². The van der Waals surface area contributed by atoms with Gasteiger partial charge in [-0.25, -0.2) is 4.98 Å². The van der Waals surface area contributed by atoms with E-state index in [1.165, 1.54) is 6.26 Å². The smallest absolute Gasteiger partial charge is 0.336 e. The normalized spacial score (nSPS) is 11.8. The lowest BCUT2D eigenvalue weighted by molar-refractivity contribution is 0.219. The van der Waals surface area contributed by atoms with E-state index in [1.807, 2.05) is 24.3 Å². The average molecular weight is 374 g/mol. The molecule has 0 bridgehead atoms. The molecule has 2 rings (SSSR count). The molecule has 0 saturated carbocycles. The topological polar surface area (TPSA) is 61.6 Å². The van der Waals surface area contributed by atoms with Gasteiger partial charge in [0.05, 0.1) is 25.1 Å². The van der Waals surface area contributed by atoms with Gasteiger partial charge in [0.15, 0.2) is 0 Å². The molecule has 7 heteroatoms. The summed E-state index contributed by atoms with van der Waals surface area (Å²) in [6.07, 6.45) is 1.59. The Morgan fingerprint density at radius 1 is 1.19 bits per heavy atom. The summed E-state index contributed by atoms with van der Waals surface area (Å²) in [5.41, 5.74) is 1.41. The summed E-state index contributed by atoms with van der Waals surface area (Å²) in [6.45, 7) is 4.22. The molecule has 1 heterocycles. The van der Waals surface area contributed by atoms with Crippen molar-refractivity contribution in [3.05, 3.63) is 40.7 Å². The number of rotatable bonds is 7. The molecule has 0 atom stereocenters. The number of hydrogen-bond acceptors (Lipinski definition) is 5.